The Balaban J connectivity index is 1.43. The highest BCUT2D eigenvalue weighted by Gasteiger charge is 2.18. The molecule has 0 saturated carbocycles. The number of nitrogens with zero attached hydrogens (tertiary/aromatic N) is 1. The molecule has 2 amide bonds. The fourth-order valence-electron chi connectivity index (χ4n) is 3.22. The molecular weight excluding hydrogens is 306 g/mol. The maximum Gasteiger partial charge on any atom is 0.257 e. The molecule has 2 N–H and O–H groups in total. The minimum Gasteiger partial charge on any atom is -0.484 e. The highest BCUT2D eigenvalue weighted by Crippen LogP contribution is 2.26. The normalized spacial score (nSPS) is 18.6. The van der Waals surface area contributed by atoms with Crippen LogP contribution in [0.15, 0.2) is 18.2 Å². The number of anilines is 1. The number of carbonyl (C=O) groups excluding carboxylic acids is 2. The SMILES string of the molecule is CC(CNC(=O)COc1ccc2c(c1)CCC(=O)N2)N1CCCC1. The molecule has 6 nitrogen and oxygen atoms in total. The summed E-state index contributed by atoms with van der Waals surface area (Å²) in [7, 11) is 0. The van der Waals surface area contributed by atoms with E-state index in [4.69, 9.17) is 4.74 Å². The number of amides is 2. The molecule has 1 unspecified atom stereocenters. The largest absolute Gasteiger partial charge is 0.484 e. The Morgan fingerprint density at radius 2 is 2.12 bits per heavy atom. The van der Waals surface area contributed by atoms with Crippen LogP contribution < -0.4 is 15.4 Å². The van der Waals surface area contributed by atoms with Gasteiger partial charge in [-0.15, -0.1) is 0 Å². The average Bonchev–Trinajstić information content (AvgIpc) is 3.12. The molecule has 1 fully saturated rings. The molecule has 3 rings (SSSR count). The lowest BCUT2D eigenvalue weighted by Crippen LogP contribution is -2.42. The summed E-state index contributed by atoms with van der Waals surface area (Å²) < 4.78 is 5.58. The first-order valence-electron chi connectivity index (χ1n) is 8.68. The van der Waals surface area contributed by atoms with Gasteiger partial charge in [0.15, 0.2) is 6.61 Å². The van der Waals surface area contributed by atoms with Crippen LogP contribution >= 0.6 is 0 Å². The Hall–Kier alpha value is -2.08. The number of nitrogens with one attached hydrogen (secondary N) is 2. The number of hydrogen-bond donors (Lipinski definition) is 2. The van der Waals surface area contributed by atoms with Crippen molar-refractivity contribution in [2.24, 2.45) is 0 Å². The van der Waals surface area contributed by atoms with Crippen LogP contribution in [-0.2, 0) is 16.0 Å². The lowest BCUT2D eigenvalue weighted by Gasteiger charge is -2.23. The number of aryl methyl sites for hydroxylation is 1. The second-order valence-electron chi connectivity index (χ2n) is 6.55. The monoisotopic (exact) mass is 331 g/mol. The van der Waals surface area contributed by atoms with Crippen molar-refractivity contribution >= 4 is 17.5 Å². The van der Waals surface area contributed by atoms with Gasteiger partial charge in [-0.2, -0.15) is 0 Å². The van der Waals surface area contributed by atoms with E-state index in [0.29, 0.717) is 31.2 Å². The molecular formula is C18H25N3O3. The third-order valence-corrected chi connectivity index (χ3v) is 4.70. The fraction of sp³-hybridized carbons (Fsp3) is 0.556. The number of likely N-dealkylation sites (tertiary alicyclic amines) is 1. The maximum atomic E-state index is 12.0. The van der Waals surface area contributed by atoms with E-state index in [2.05, 4.69) is 22.5 Å². The van der Waals surface area contributed by atoms with Crippen LogP contribution in [0.25, 0.3) is 0 Å². The van der Waals surface area contributed by atoms with Crippen LogP contribution in [0.1, 0.15) is 31.7 Å². The molecule has 1 atom stereocenters. The van der Waals surface area contributed by atoms with E-state index in [1.54, 1.807) is 6.07 Å². The zero-order chi connectivity index (χ0) is 16.9. The Morgan fingerprint density at radius 3 is 2.92 bits per heavy atom. The topological polar surface area (TPSA) is 70.7 Å². The van der Waals surface area contributed by atoms with Gasteiger partial charge in [0.1, 0.15) is 5.75 Å². The van der Waals surface area contributed by atoms with E-state index in [-0.39, 0.29) is 18.4 Å². The van der Waals surface area contributed by atoms with E-state index >= 15 is 0 Å². The Morgan fingerprint density at radius 1 is 1.33 bits per heavy atom. The third-order valence-electron chi connectivity index (χ3n) is 4.70. The third kappa shape index (κ3) is 4.26. The lowest BCUT2D eigenvalue weighted by molar-refractivity contribution is -0.123. The van der Waals surface area contributed by atoms with Gasteiger partial charge >= 0.3 is 0 Å². The molecule has 1 aromatic carbocycles. The van der Waals surface area contributed by atoms with Crippen molar-refractivity contribution in [3.8, 4) is 5.75 Å². The van der Waals surface area contributed by atoms with Gasteiger partial charge in [-0.25, -0.2) is 0 Å². The van der Waals surface area contributed by atoms with Gasteiger partial charge < -0.3 is 15.4 Å². The molecule has 1 aromatic rings. The molecule has 1 saturated heterocycles. The van der Waals surface area contributed by atoms with Gasteiger partial charge in [-0.3, -0.25) is 14.5 Å². The van der Waals surface area contributed by atoms with Crippen molar-refractivity contribution < 1.29 is 14.3 Å². The number of benzene rings is 1. The molecule has 0 aliphatic carbocycles. The van der Waals surface area contributed by atoms with Gasteiger partial charge in [-0.05, 0) is 63.0 Å². The lowest BCUT2D eigenvalue weighted by atomic mass is 10.0. The molecule has 2 heterocycles. The minimum absolute atomic E-state index is 0.0118. The smallest absolute Gasteiger partial charge is 0.257 e. The summed E-state index contributed by atoms with van der Waals surface area (Å²) in [4.78, 5) is 25.7. The highest BCUT2D eigenvalue weighted by atomic mass is 16.5. The van der Waals surface area contributed by atoms with Crippen LogP contribution in [0.2, 0.25) is 0 Å². The first-order valence-corrected chi connectivity index (χ1v) is 8.68. The van der Waals surface area contributed by atoms with Gasteiger partial charge in [0, 0.05) is 24.7 Å². The van der Waals surface area contributed by atoms with E-state index in [0.717, 1.165) is 24.3 Å². The van der Waals surface area contributed by atoms with Crippen molar-refractivity contribution in [1.82, 2.24) is 10.2 Å². The molecule has 0 radical (unpaired) electrons. The predicted molar refractivity (Wildman–Crippen MR) is 92.2 cm³/mol. The summed E-state index contributed by atoms with van der Waals surface area (Å²) in [5.74, 6) is 0.599. The molecule has 0 spiro atoms. The zero-order valence-electron chi connectivity index (χ0n) is 14.1. The number of fused-ring (bicyclic) bond motifs is 1. The first-order chi connectivity index (χ1) is 11.6. The molecule has 0 aromatic heterocycles. The summed E-state index contributed by atoms with van der Waals surface area (Å²) in [6.45, 7) is 5.05. The second kappa shape index (κ2) is 7.66. The first kappa shape index (κ1) is 16.8. The molecule has 0 bridgehead atoms. The second-order valence-corrected chi connectivity index (χ2v) is 6.55. The summed E-state index contributed by atoms with van der Waals surface area (Å²) in [5, 5.41) is 5.77. The molecule has 2 aliphatic rings. The van der Waals surface area contributed by atoms with Gasteiger partial charge in [0.05, 0.1) is 0 Å². The molecule has 6 heteroatoms. The van der Waals surface area contributed by atoms with Crippen LogP contribution in [0.5, 0.6) is 5.75 Å². The summed E-state index contributed by atoms with van der Waals surface area (Å²) in [5.41, 5.74) is 1.89. The number of ether oxygens (including phenoxy) is 1. The highest BCUT2D eigenvalue weighted by molar-refractivity contribution is 5.94. The van der Waals surface area contributed by atoms with Crippen LogP contribution in [-0.4, -0.2) is 49.0 Å². The van der Waals surface area contributed by atoms with Crippen molar-refractivity contribution in [3.05, 3.63) is 23.8 Å². The van der Waals surface area contributed by atoms with Crippen LogP contribution in [0.3, 0.4) is 0 Å². The summed E-state index contributed by atoms with van der Waals surface area (Å²) in [6, 6.07) is 5.87. The summed E-state index contributed by atoms with van der Waals surface area (Å²) >= 11 is 0. The quantitative estimate of drug-likeness (QED) is 0.830. The van der Waals surface area contributed by atoms with Gasteiger partial charge in [-0.1, -0.05) is 0 Å². The van der Waals surface area contributed by atoms with Crippen LogP contribution in [0, 0.1) is 0 Å². The zero-order valence-corrected chi connectivity index (χ0v) is 14.1. The average molecular weight is 331 g/mol. The number of hydrogen-bond acceptors (Lipinski definition) is 4. The van der Waals surface area contributed by atoms with E-state index in [1.807, 2.05) is 12.1 Å². The van der Waals surface area contributed by atoms with E-state index in [9.17, 15) is 9.59 Å². The van der Waals surface area contributed by atoms with E-state index < -0.39 is 0 Å². The van der Waals surface area contributed by atoms with Crippen molar-refractivity contribution in [2.45, 2.75) is 38.6 Å². The van der Waals surface area contributed by atoms with Crippen molar-refractivity contribution in [2.75, 3.05) is 31.6 Å². The molecule has 2 aliphatic heterocycles. The molecule has 130 valence electrons. The van der Waals surface area contributed by atoms with Crippen molar-refractivity contribution in [3.63, 3.8) is 0 Å². The van der Waals surface area contributed by atoms with Crippen LogP contribution in [0.4, 0.5) is 5.69 Å². The Labute approximate surface area is 142 Å². The van der Waals surface area contributed by atoms with Crippen molar-refractivity contribution in [1.29, 1.82) is 0 Å². The summed E-state index contributed by atoms with van der Waals surface area (Å²) in [6.07, 6.45) is 3.70. The van der Waals surface area contributed by atoms with E-state index in [1.165, 1.54) is 12.8 Å². The Bertz CT molecular complexity index is 612. The predicted octanol–water partition coefficient (Wildman–Crippen LogP) is 1.55. The minimum atomic E-state index is -0.105. The fourth-order valence-corrected chi connectivity index (χ4v) is 3.22. The molecule has 24 heavy (non-hydrogen) atoms. The maximum absolute atomic E-state index is 12.0. The van der Waals surface area contributed by atoms with Gasteiger partial charge in [0.2, 0.25) is 5.91 Å². The van der Waals surface area contributed by atoms with Gasteiger partial charge in [0.25, 0.3) is 5.91 Å². The standard InChI is InChI=1S/C18H25N3O3/c1-13(21-8-2-3-9-21)11-19-18(23)12-24-15-5-6-16-14(10-15)4-7-17(22)20-16/h5-6,10,13H,2-4,7-9,11-12H2,1H3,(H,19,23)(H,20,22). The number of carbonyl (C=O) groups is 2. The number of rotatable bonds is 6. The Kier molecular flexibility index (Phi) is 5.35.